The van der Waals surface area contributed by atoms with Gasteiger partial charge in [0.2, 0.25) is 0 Å². The van der Waals surface area contributed by atoms with Gasteiger partial charge in [0.25, 0.3) is 5.91 Å². The maximum Gasteiger partial charge on any atom is 0.416 e. The lowest BCUT2D eigenvalue weighted by Crippen LogP contribution is -2.20. The van der Waals surface area contributed by atoms with E-state index in [4.69, 9.17) is 4.74 Å². The van der Waals surface area contributed by atoms with Crippen LogP contribution in [-0.4, -0.2) is 23.0 Å². The molecule has 0 spiro atoms. The fourth-order valence-corrected chi connectivity index (χ4v) is 3.59. The topological polar surface area (TPSA) is 76.1 Å². The average Bonchev–Trinajstić information content (AvgIpc) is 2.80. The lowest BCUT2D eigenvalue weighted by Gasteiger charge is -2.14. The first kappa shape index (κ1) is 24.1. The normalized spacial score (nSPS) is 12.2. The number of fused-ring (bicyclic) bond motifs is 1. The Labute approximate surface area is 193 Å². The van der Waals surface area contributed by atoms with Crippen molar-refractivity contribution in [2.24, 2.45) is 0 Å². The Bertz CT molecular complexity index is 1210. The van der Waals surface area contributed by atoms with Crippen molar-refractivity contribution in [3.05, 3.63) is 82.5 Å². The zero-order valence-electron chi connectivity index (χ0n) is 17.9. The van der Waals surface area contributed by atoms with Gasteiger partial charge in [0, 0.05) is 36.1 Å². The van der Waals surface area contributed by atoms with Gasteiger partial charge in [-0.2, -0.15) is 13.2 Å². The third kappa shape index (κ3) is 6.04. The molecule has 1 aromatic carbocycles. The monoisotopic (exact) mass is 474 g/mol. The Balaban J connectivity index is 1.80. The van der Waals surface area contributed by atoms with Gasteiger partial charge in [0.15, 0.2) is 0 Å². The van der Waals surface area contributed by atoms with Gasteiger partial charge in [-0.05, 0) is 48.2 Å². The van der Waals surface area contributed by atoms with Crippen LogP contribution in [0.4, 0.5) is 19.0 Å². The highest BCUT2D eigenvalue weighted by Crippen LogP contribution is 2.30. The van der Waals surface area contributed by atoms with E-state index in [2.05, 4.69) is 27.2 Å². The van der Waals surface area contributed by atoms with Gasteiger partial charge in [0.1, 0.15) is 11.6 Å². The van der Waals surface area contributed by atoms with Gasteiger partial charge in [-0.15, -0.1) is 0 Å². The van der Waals surface area contributed by atoms with E-state index in [9.17, 15) is 18.0 Å². The van der Waals surface area contributed by atoms with Crippen LogP contribution >= 0.6 is 11.8 Å². The summed E-state index contributed by atoms with van der Waals surface area (Å²) in [7, 11) is 1.58. The predicted molar refractivity (Wildman–Crippen MR) is 123 cm³/mol. The number of aromatic nitrogens is 2. The van der Waals surface area contributed by atoms with Gasteiger partial charge in [-0.1, -0.05) is 18.3 Å². The molecular formula is C23H21F3N4O2S. The molecule has 0 aliphatic rings. The van der Waals surface area contributed by atoms with E-state index >= 15 is 0 Å². The molecule has 10 heteroatoms. The number of anilines is 1. The second-order valence-electron chi connectivity index (χ2n) is 6.83. The molecule has 6 nitrogen and oxygen atoms in total. The number of nitrogens with zero attached hydrogens (tertiary/aromatic N) is 2. The Morgan fingerprint density at radius 1 is 1.18 bits per heavy atom. The number of benzene rings is 1. The summed E-state index contributed by atoms with van der Waals surface area (Å²) in [5.74, 6) is -0.0966. The maximum atomic E-state index is 12.9. The number of carbonyl (C=O) groups is 1. The predicted octanol–water partition coefficient (Wildman–Crippen LogP) is 5.49. The molecule has 2 heterocycles. The first-order valence-electron chi connectivity index (χ1n) is 9.71. The number of halogens is 3. The summed E-state index contributed by atoms with van der Waals surface area (Å²) in [6, 6.07) is 9.06. The molecule has 3 aromatic rings. The van der Waals surface area contributed by atoms with Crippen LogP contribution in [0.25, 0.3) is 10.9 Å². The second-order valence-corrected chi connectivity index (χ2v) is 7.80. The molecule has 0 radical (unpaired) electrons. The number of carbonyl (C=O) groups excluding carboxylic acids is 1. The number of pyridine rings is 2. The van der Waals surface area contributed by atoms with Gasteiger partial charge < -0.3 is 15.4 Å². The van der Waals surface area contributed by atoms with Crippen LogP contribution in [-0.2, 0) is 17.5 Å². The van der Waals surface area contributed by atoms with Crippen molar-refractivity contribution in [3.8, 4) is 5.75 Å². The van der Waals surface area contributed by atoms with E-state index in [0.717, 1.165) is 46.6 Å². The number of hydrogen-bond donors (Lipinski definition) is 2. The van der Waals surface area contributed by atoms with Gasteiger partial charge in [-0.3, -0.25) is 9.78 Å². The minimum atomic E-state index is -4.54. The number of allylic oxidation sites excluding steroid dienone is 1. The van der Waals surface area contributed by atoms with Crippen molar-refractivity contribution >= 4 is 34.4 Å². The highest BCUT2D eigenvalue weighted by Gasteiger charge is 2.31. The van der Waals surface area contributed by atoms with Crippen molar-refractivity contribution < 1.29 is 22.7 Å². The Morgan fingerprint density at radius 2 is 1.94 bits per heavy atom. The zero-order valence-corrected chi connectivity index (χ0v) is 18.7. The van der Waals surface area contributed by atoms with Crippen LogP contribution in [0.3, 0.4) is 0 Å². The average molecular weight is 475 g/mol. The molecule has 1 amide bonds. The Kier molecular flexibility index (Phi) is 7.59. The quantitative estimate of drug-likeness (QED) is 0.420. The summed E-state index contributed by atoms with van der Waals surface area (Å²) in [6.07, 6.45) is -1.86. The van der Waals surface area contributed by atoms with E-state index in [0.29, 0.717) is 18.0 Å². The number of methoxy groups -OCH3 is 1. The number of nitrogens with one attached hydrogen (secondary N) is 2. The fourth-order valence-electron chi connectivity index (χ4n) is 3.02. The summed E-state index contributed by atoms with van der Waals surface area (Å²) in [5, 5.41) is 8.01. The Morgan fingerprint density at radius 3 is 2.64 bits per heavy atom. The molecule has 0 atom stereocenters. The summed E-state index contributed by atoms with van der Waals surface area (Å²) < 4.78 is 44.1. The summed E-state index contributed by atoms with van der Waals surface area (Å²) in [4.78, 5) is 21.2. The smallest absolute Gasteiger partial charge is 0.416 e. The number of alkyl halides is 3. The minimum absolute atomic E-state index is 0.195. The third-order valence-electron chi connectivity index (χ3n) is 4.66. The minimum Gasteiger partial charge on any atom is -0.497 e. The SMILES string of the molecule is C=CS/C(C(=O)Nc1cc(C(F)(F)F)ccn1)=C(\C)NCc1ccnc2cc(OC)ccc12. The zero-order chi connectivity index (χ0) is 24.0. The third-order valence-corrected chi connectivity index (χ3v) is 5.56. The molecule has 0 saturated heterocycles. The number of amides is 1. The molecular weight excluding hydrogens is 453 g/mol. The fraction of sp³-hybridized carbons (Fsp3) is 0.174. The molecule has 0 aliphatic heterocycles. The molecule has 3 rings (SSSR count). The van der Waals surface area contributed by atoms with Crippen molar-refractivity contribution in [1.82, 2.24) is 15.3 Å². The number of ether oxygens (including phenoxy) is 1. The van der Waals surface area contributed by atoms with Crippen LogP contribution in [0.15, 0.2) is 71.4 Å². The van der Waals surface area contributed by atoms with Crippen LogP contribution in [0.1, 0.15) is 18.1 Å². The summed E-state index contributed by atoms with van der Waals surface area (Å²) in [5.41, 5.74) is 1.35. The lowest BCUT2D eigenvalue weighted by molar-refractivity contribution is -0.137. The van der Waals surface area contributed by atoms with Crippen molar-refractivity contribution in [1.29, 1.82) is 0 Å². The molecule has 2 aromatic heterocycles. The van der Waals surface area contributed by atoms with Crippen LogP contribution in [0.5, 0.6) is 5.75 Å². The first-order valence-corrected chi connectivity index (χ1v) is 10.6. The molecule has 2 N–H and O–H groups in total. The van der Waals surface area contributed by atoms with Gasteiger partial charge >= 0.3 is 6.18 Å². The second kappa shape index (κ2) is 10.4. The summed E-state index contributed by atoms with van der Waals surface area (Å²) in [6.45, 7) is 5.73. The first-order chi connectivity index (χ1) is 15.7. The highest BCUT2D eigenvalue weighted by molar-refractivity contribution is 8.06. The molecule has 172 valence electrons. The largest absolute Gasteiger partial charge is 0.497 e. The molecule has 0 saturated carbocycles. The van der Waals surface area contributed by atoms with Crippen molar-refractivity contribution in [3.63, 3.8) is 0 Å². The van der Waals surface area contributed by atoms with E-state index < -0.39 is 17.6 Å². The van der Waals surface area contributed by atoms with E-state index in [1.165, 1.54) is 5.41 Å². The number of hydrogen-bond acceptors (Lipinski definition) is 6. The van der Waals surface area contributed by atoms with Crippen molar-refractivity contribution in [2.45, 2.75) is 19.6 Å². The van der Waals surface area contributed by atoms with E-state index in [-0.39, 0.29) is 10.7 Å². The number of rotatable bonds is 8. The molecule has 33 heavy (non-hydrogen) atoms. The molecule has 0 unspecified atom stereocenters. The van der Waals surface area contributed by atoms with Crippen LogP contribution in [0.2, 0.25) is 0 Å². The van der Waals surface area contributed by atoms with Crippen LogP contribution in [0, 0.1) is 0 Å². The van der Waals surface area contributed by atoms with Crippen LogP contribution < -0.4 is 15.4 Å². The summed E-state index contributed by atoms with van der Waals surface area (Å²) >= 11 is 1.06. The molecule has 0 aliphatic carbocycles. The van der Waals surface area contributed by atoms with E-state index in [1.54, 1.807) is 20.2 Å². The van der Waals surface area contributed by atoms with E-state index in [1.807, 2.05) is 24.3 Å². The molecule has 0 fully saturated rings. The van der Waals surface area contributed by atoms with Gasteiger partial charge in [0.05, 0.1) is 23.1 Å². The standard InChI is InChI=1S/C23H21F3N4O2S/c1-4-33-21(22(31)30-20-11-16(8-10-28-20)23(24,25)26)14(2)29-13-15-7-9-27-19-12-17(32-3)5-6-18(15)19/h4-12,29H,1,13H2,2-3H3,(H,28,30,31)/b21-14+. The lowest BCUT2D eigenvalue weighted by atomic mass is 10.1. The highest BCUT2D eigenvalue weighted by atomic mass is 32.2. The number of thioether (sulfide) groups is 1. The maximum absolute atomic E-state index is 12.9. The Hall–Kier alpha value is -3.53. The van der Waals surface area contributed by atoms with Crippen molar-refractivity contribution in [2.75, 3.05) is 12.4 Å². The molecule has 0 bridgehead atoms. The van der Waals surface area contributed by atoms with Gasteiger partial charge in [-0.25, -0.2) is 4.98 Å².